The summed E-state index contributed by atoms with van der Waals surface area (Å²) in [6.07, 6.45) is -0.334. The highest BCUT2D eigenvalue weighted by molar-refractivity contribution is 8.02. The largest absolute Gasteiger partial charge is 0.541 e. The first kappa shape index (κ1) is 31.6. The van der Waals surface area contributed by atoms with Crippen molar-refractivity contribution in [2.24, 2.45) is 16.9 Å². The first-order valence-electron chi connectivity index (χ1n) is 12.9. The van der Waals surface area contributed by atoms with Gasteiger partial charge in [0.25, 0.3) is 0 Å². The van der Waals surface area contributed by atoms with Crippen molar-refractivity contribution < 1.29 is 38.2 Å². The summed E-state index contributed by atoms with van der Waals surface area (Å²) in [4.78, 5) is 75.9. The number of aromatic nitrogens is 1. The SMILES string of the molecule is [B]OC(=O)[C@@]1(N2C(=O)N(N)C[C@H]2C)CN2C(=O)C(CC(=O)/C(=N\OC(C)(C)C(=O)OC(C)(C)C)c3csc(N)n3)[C@H]2S1. The first-order valence-corrected chi connectivity index (χ1v) is 14.7. The van der Waals surface area contributed by atoms with Crippen LogP contribution in [0.3, 0.4) is 0 Å². The normalized spacial score (nSPS) is 26.2. The molecule has 4 N–H and O–H groups in total. The monoisotopic (exact) mass is 621 g/mol. The number of nitrogens with zero attached hydrogens (tertiary/aromatic N) is 5. The number of urea groups is 1. The van der Waals surface area contributed by atoms with Gasteiger partial charge in [0.2, 0.25) is 16.4 Å². The molecule has 4 heterocycles. The molecule has 2 radical (unpaired) electrons. The van der Waals surface area contributed by atoms with Crippen LogP contribution in [0, 0.1) is 5.92 Å². The predicted octanol–water partition coefficient (Wildman–Crippen LogP) is 0.380. The van der Waals surface area contributed by atoms with Gasteiger partial charge in [-0.25, -0.2) is 20.4 Å². The number of ketones is 1. The van der Waals surface area contributed by atoms with E-state index in [-0.39, 0.29) is 36.0 Å². The second-order valence-electron chi connectivity index (χ2n) is 11.7. The van der Waals surface area contributed by atoms with E-state index in [0.717, 1.165) is 28.1 Å². The van der Waals surface area contributed by atoms with E-state index in [1.807, 2.05) is 0 Å². The standard InChI is InChI=1S/C24H32BN7O8S2/c1-11-8-31(27)21(37)32(11)24(19(36)39-25)10-30-16(34)12(17(30)42-24)7-14(33)15(13-9-41-20(26)28-13)29-40-23(5,6)18(35)38-22(2,3)4/h9,11-12,17H,7-8,10,27H2,1-6H3,(H2,26,28)/b29-15-/t11-,12?,17-,24-/m1/s1. The molecule has 0 spiro atoms. The van der Waals surface area contributed by atoms with Gasteiger partial charge in [-0.15, -0.1) is 11.3 Å². The number of ether oxygens (including phenoxy) is 1. The molecule has 1 aromatic heterocycles. The Morgan fingerprint density at radius 1 is 1.24 bits per heavy atom. The summed E-state index contributed by atoms with van der Waals surface area (Å²) in [5, 5.41) is 5.94. The van der Waals surface area contributed by atoms with E-state index in [2.05, 4.69) is 14.8 Å². The lowest BCUT2D eigenvalue weighted by molar-refractivity contribution is -0.179. The topological polar surface area (TPSA) is 200 Å². The molecular formula is C24H32BN7O8S2. The van der Waals surface area contributed by atoms with Crippen LogP contribution in [0.15, 0.2) is 10.5 Å². The van der Waals surface area contributed by atoms with E-state index < -0.39 is 63.1 Å². The van der Waals surface area contributed by atoms with Crippen LogP contribution in [0.4, 0.5) is 9.93 Å². The number of anilines is 1. The number of carbonyl (C=O) groups excluding carboxylic acids is 5. The number of oxime groups is 1. The molecule has 0 bridgehead atoms. The molecule has 4 atom stereocenters. The third-order valence-electron chi connectivity index (χ3n) is 6.81. The van der Waals surface area contributed by atoms with Gasteiger partial charge in [0.1, 0.15) is 11.3 Å². The van der Waals surface area contributed by atoms with Gasteiger partial charge in [0, 0.05) is 11.8 Å². The number of amides is 3. The fraction of sp³-hybridized carbons (Fsp3) is 0.625. The number of thiazole rings is 1. The lowest BCUT2D eigenvalue weighted by Crippen LogP contribution is -2.61. The van der Waals surface area contributed by atoms with Gasteiger partial charge in [0.05, 0.1) is 30.4 Å². The maximum atomic E-state index is 13.6. The van der Waals surface area contributed by atoms with Crippen LogP contribution in [0.1, 0.15) is 53.7 Å². The highest BCUT2D eigenvalue weighted by Crippen LogP contribution is 2.53. The lowest BCUT2D eigenvalue weighted by atomic mass is 9.90. The zero-order valence-electron chi connectivity index (χ0n) is 24.0. The van der Waals surface area contributed by atoms with Crippen LogP contribution < -0.4 is 11.6 Å². The maximum absolute atomic E-state index is 13.6. The summed E-state index contributed by atoms with van der Waals surface area (Å²) in [5.41, 5.74) is 3.28. The van der Waals surface area contributed by atoms with Gasteiger partial charge in [0.15, 0.2) is 16.6 Å². The number of nitrogens with two attached hydrogens (primary N) is 2. The molecule has 3 saturated heterocycles. The summed E-state index contributed by atoms with van der Waals surface area (Å²) in [6, 6.07) is -1.11. The van der Waals surface area contributed by atoms with E-state index in [1.165, 1.54) is 29.0 Å². The second kappa shape index (κ2) is 11.0. The minimum absolute atomic E-state index is 0.103. The first-order chi connectivity index (χ1) is 19.4. The fourth-order valence-electron chi connectivity index (χ4n) is 4.81. The maximum Gasteiger partial charge on any atom is 0.378 e. The molecule has 0 aromatic carbocycles. The minimum atomic E-state index is -1.65. The van der Waals surface area contributed by atoms with E-state index in [9.17, 15) is 24.0 Å². The number of hydrogen-bond acceptors (Lipinski definition) is 14. The number of rotatable bonds is 9. The summed E-state index contributed by atoms with van der Waals surface area (Å²) < 4.78 is 9.94. The smallest absolute Gasteiger partial charge is 0.378 e. The molecule has 3 amide bonds. The number of thioether (sulfide) groups is 1. The lowest BCUT2D eigenvalue weighted by Gasteiger charge is -2.40. The molecule has 3 aliphatic rings. The Kier molecular flexibility index (Phi) is 8.29. The number of hydrazine groups is 1. The Morgan fingerprint density at radius 3 is 2.43 bits per heavy atom. The number of esters is 1. The highest BCUT2D eigenvalue weighted by Gasteiger charge is 2.67. The molecule has 4 rings (SSSR count). The van der Waals surface area contributed by atoms with E-state index in [4.69, 9.17) is 29.2 Å². The van der Waals surface area contributed by atoms with Crippen LogP contribution in [0.25, 0.3) is 0 Å². The van der Waals surface area contributed by atoms with Crippen LogP contribution in [-0.2, 0) is 33.4 Å². The van der Waals surface area contributed by atoms with Crippen molar-refractivity contribution in [3.63, 3.8) is 0 Å². The van der Waals surface area contributed by atoms with Crippen LogP contribution in [0.5, 0.6) is 0 Å². The van der Waals surface area contributed by atoms with Gasteiger partial charge in [-0.3, -0.25) is 24.3 Å². The molecule has 226 valence electrons. The van der Waals surface area contributed by atoms with E-state index >= 15 is 0 Å². The Hall–Kier alpha value is -3.38. The number of fused-ring (bicyclic) bond motifs is 1. The van der Waals surface area contributed by atoms with Crippen LogP contribution in [-0.4, -0.2) is 104 Å². The van der Waals surface area contributed by atoms with Crippen molar-refractivity contribution in [1.29, 1.82) is 0 Å². The summed E-state index contributed by atoms with van der Waals surface area (Å²) in [6.45, 7) is 9.63. The van der Waals surface area contributed by atoms with Crippen molar-refractivity contribution in [3.05, 3.63) is 11.1 Å². The average Bonchev–Trinajstić information content (AvgIpc) is 3.55. The number of nitrogen functional groups attached to an aromatic ring is 1. The number of β-lactam (4-membered cyclic amide) rings is 1. The second-order valence-corrected chi connectivity index (χ2v) is 14.0. The molecule has 1 aromatic rings. The van der Waals surface area contributed by atoms with E-state index in [1.54, 1.807) is 27.7 Å². The zero-order valence-corrected chi connectivity index (χ0v) is 25.6. The summed E-state index contributed by atoms with van der Waals surface area (Å²) in [7, 11) is 5.24. The Bertz CT molecular complexity index is 1350. The van der Waals surface area contributed by atoms with Crippen molar-refractivity contribution in [2.45, 2.75) is 75.5 Å². The van der Waals surface area contributed by atoms with Crippen molar-refractivity contribution in [3.8, 4) is 0 Å². The quantitative estimate of drug-likeness (QED) is 0.0732. The number of carbonyl (C=O) groups is 5. The molecule has 15 nitrogen and oxygen atoms in total. The fourth-order valence-corrected chi connectivity index (χ4v) is 7.17. The molecule has 18 heteroatoms. The molecule has 3 fully saturated rings. The van der Waals surface area contributed by atoms with Crippen LogP contribution >= 0.6 is 23.1 Å². The Morgan fingerprint density at radius 2 is 1.90 bits per heavy atom. The highest BCUT2D eigenvalue weighted by atomic mass is 32.2. The average molecular weight is 622 g/mol. The van der Waals surface area contributed by atoms with E-state index in [0.29, 0.717) is 0 Å². The van der Waals surface area contributed by atoms with Crippen LogP contribution in [0.2, 0.25) is 0 Å². The van der Waals surface area contributed by atoms with Crippen molar-refractivity contribution in [2.75, 3.05) is 18.8 Å². The molecule has 3 aliphatic heterocycles. The number of Topliss-reactive ketones (excluding diaryl/α,β-unsaturated/α-hetero) is 1. The van der Waals surface area contributed by atoms with Gasteiger partial charge < -0.3 is 24.9 Å². The molecule has 0 saturated carbocycles. The summed E-state index contributed by atoms with van der Waals surface area (Å²) >= 11 is 2.06. The van der Waals surface area contributed by atoms with Crippen molar-refractivity contribution in [1.82, 2.24) is 19.8 Å². The third-order valence-corrected chi connectivity index (χ3v) is 9.19. The van der Waals surface area contributed by atoms with Gasteiger partial charge >= 0.3 is 26.0 Å². The van der Waals surface area contributed by atoms with Gasteiger partial charge in [-0.05, 0) is 41.5 Å². The van der Waals surface area contributed by atoms with Crippen molar-refractivity contribution >= 4 is 71.7 Å². The zero-order chi connectivity index (χ0) is 31.4. The van der Waals surface area contributed by atoms with Gasteiger partial charge in [-0.1, -0.05) is 16.9 Å². The third kappa shape index (κ3) is 5.66. The molecule has 1 unspecified atom stereocenters. The summed E-state index contributed by atoms with van der Waals surface area (Å²) in [5.74, 6) is 2.25. The predicted molar refractivity (Wildman–Crippen MR) is 152 cm³/mol. The Labute approximate surface area is 251 Å². The molecule has 42 heavy (non-hydrogen) atoms. The molecule has 0 aliphatic carbocycles. The Balaban J connectivity index is 1.57. The van der Waals surface area contributed by atoms with Gasteiger partial charge in [-0.2, -0.15) is 0 Å². The molecular weight excluding hydrogens is 589 g/mol. The minimum Gasteiger partial charge on any atom is -0.541 e. The number of hydrogen-bond donors (Lipinski definition) is 2.